The molecule has 1 aromatic rings. The van der Waals surface area contributed by atoms with Crippen LogP contribution in [-0.4, -0.2) is 62.6 Å². The molecule has 1 unspecified atom stereocenters. The summed E-state index contributed by atoms with van der Waals surface area (Å²) in [7, 11) is 1.73. The summed E-state index contributed by atoms with van der Waals surface area (Å²) in [5, 5.41) is 9.31. The van der Waals surface area contributed by atoms with Crippen molar-refractivity contribution in [1.82, 2.24) is 20.9 Å². The maximum Gasteiger partial charge on any atom is 0.251 e. The molecular formula is C19H31FIN5O. The first-order valence-electron chi connectivity index (χ1n) is 9.28. The Kier molecular flexibility index (Phi) is 10.6. The number of carbonyl (C=O) groups excluding carboxylic acids is 1. The van der Waals surface area contributed by atoms with E-state index in [2.05, 4.69) is 32.8 Å². The second-order valence-corrected chi connectivity index (χ2v) is 6.52. The molecule has 0 radical (unpaired) electrons. The van der Waals surface area contributed by atoms with Gasteiger partial charge in [-0.05, 0) is 50.6 Å². The van der Waals surface area contributed by atoms with Gasteiger partial charge in [0.15, 0.2) is 5.96 Å². The smallest absolute Gasteiger partial charge is 0.251 e. The summed E-state index contributed by atoms with van der Waals surface area (Å²) in [6.45, 7) is 7.94. The van der Waals surface area contributed by atoms with Crippen molar-refractivity contribution in [3.05, 3.63) is 35.1 Å². The Morgan fingerprint density at radius 3 is 2.70 bits per heavy atom. The summed E-state index contributed by atoms with van der Waals surface area (Å²) in [5.41, 5.74) is 0.860. The van der Waals surface area contributed by atoms with Gasteiger partial charge in [-0.15, -0.1) is 24.0 Å². The number of aliphatic imine (C=N–C) groups is 1. The zero-order valence-electron chi connectivity index (χ0n) is 16.3. The van der Waals surface area contributed by atoms with E-state index in [4.69, 9.17) is 0 Å². The summed E-state index contributed by atoms with van der Waals surface area (Å²) in [5.74, 6) is 0.0789. The minimum Gasteiger partial charge on any atom is -0.355 e. The highest BCUT2D eigenvalue weighted by Gasteiger charge is 2.22. The van der Waals surface area contributed by atoms with Crippen molar-refractivity contribution in [3.63, 3.8) is 0 Å². The van der Waals surface area contributed by atoms with Crippen molar-refractivity contribution in [1.29, 1.82) is 0 Å². The molecule has 0 spiro atoms. The van der Waals surface area contributed by atoms with Gasteiger partial charge in [-0.2, -0.15) is 0 Å². The average molecular weight is 491 g/mol. The summed E-state index contributed by atoms with van der Waals surface area (Å²) in [4.78, 5) is 18.7. The Labute approximate surface area is 178 Å². The van der Waals surface area contributed by atoms with Crippen LogP contribution in [0.3, 0.4) is 0 Å². The predicted octanol–water partition coefficient (Wildman–Crippen LogP) is 2.13. The molecule has 6 nitrogen and oxygen atoms in total. The largest absolute Gasteiger partial charge is 0.355 e. The molecule has 1 heterocycles. The van der Waals surface area contributed by atoms with E-state index >= 15 is 0 Å². The fraction of sp³-hybridized carbons (Fsp3) is 0.579. The highest BCUT2D eigenvalue weighted by molar-refractivity contribution is 14.0. The number of halogens is 2. The Balaban J connectivity index is 0.00000364. The molecule has 1 amide bonds. The van der Waals surface area contributed by atoms with Gasteiger partial charge in [0.05, 0.1) is 0 Å². The third-order valence-electron chi connectivity index (χ3n) is 4.77. The third-order valence-corrected chi connectivity index (χ3v) is 4.77. The summed E-state index contributed by atoms with van der Waals surface area (Å²) in [6.07, 6.45) is 2.46. The van der Waals surface area contributed by atoms with Crippen LogP contribution in [0, 0.1) is 12.7 Å². The molecule has 1 aliphatic rings. The second-order valence-electron chi connectivity index (χ2n) is 6.52. The molecule has 0 aliphatic carbocycles. The number of aryl methyl sites for hydroxylation is 1. The van der Waals surface area contributed by atoms with Crippen LogP contribution in [0.4, 0.5) is 4.39 Å². The Morgan fingerprint density at radius 2 is 2.04 bits per heavy atom. The lowest BCUT2D eigenvalue weighted by atomic mass is 10.1. The maximum absolute atomic E-state index is 13.5. The first-order chi connectivity index (χ1) is 12.5. The van der Waals surface area contributed by atoms with Gasteiger partial charge in [0, 0.05) is 38.3 Å². The average Bonchev–Trinajstić information content (AvgIpc) is 3.10. The first kappa shape index (κ1) is 23.6. The van der Waals surface area contributed by atoms with Crippen molar-refractivity contribution in [2.45, 2.75) is 32.7 Å². The van der Waals surface area contributed by atoms with Crippen LogP contribution < -0.4 is 16.0 Å². The Bertz CT molecular complexity index is 641. The van der Waals surface area contributed by atoms with E-state index in [0.717, 1.165) is 19.0 Å². The zero-order chi connectivity index (χ0) is 18.9. The number of nitrogens with one attached hydrogen (secondary N) is 3. The number of carbonyl (C=O) groups is 1. The van der Waals surface area contributed by atoms with Crippen LogP contribution in [-0.2, 0) is 0 Å². The second kappa shape index (κ2) is 12.1. The maximum atomic E-state index is 13.5. The van der Waals surface area contributed by atoms with Crippen molar-refractivity contribution in [2.75, 3.05) is 39.8 Å². The minimum absolute atomic E-state index is 0. The van der Waals surface area contributed by atoms with Gasteiger partial charge >= 0.3 is 0 Å². The lowest BCUT2D eigenvalue weighted by Crippen LogP contribution is -2.46. The Morgan fingerprint density at radius 1 is 1.30 bits per heavy atom. The fourth-order valence-corrected chi connectivity index (χ4v) is 3.17. The van der Waals surface area contributed by atoms with Crippen LogP contribution in [0.2, 0.25) is 0 Å². The highest BCUT2D eigenvalue weighted by Crippen LogP contribution is 2.15. The number of guanidine groups is 1. The normalized spacial score (nSPS) is 17.3. The van der Waals surface area contributed by atoms with Crippen LogP contribution in [0.5, 0.6) is 0 Å². The van der Waals surface area contributed by atoms with Gasteiger partial charge in [0.2, 0.25) is 0 Å². The Hall–Kier alpha value is -1.42. The molecule has 1 aromatic carbocycles. The van der Waals surface area contributed by atoms with Crippen molar-refractivity contribution in [3.8, 4) is 0 Å². The van der Waals surface area contributed by atoms with Crippen LogP contribution in [0.1, 0.15) is 35.7 Å². The van der Waals surface area contributed by atoms with E-state index in [1.54, 1.807) is 26.1 Å². The number of nitrogens with zero attached hydrogens (tertiary/aromatic N) is 2. The topological polar surface area (TPSA) is 68.8 Å². The molecule has 1 saturated heterocycles. The molecule has 152 valence electrons. The van der Waals surface area contributed by atoms with Gasteiger partial charge in [-0.3, -0.25) is 14.7 Å². The predicted molar refractivity (Wildman–Crippen MR) is 119 cm³/mol. The number of hydrogen-bond acceptors (Lipinski definition) is 3. The molecule has 8 heteroatoms. The molecule has 1 atom stereocenters. The molecule has 0 aromatic heterocycles. The van der Waals surface area contributed by atoms with Crippen molar-refractivity contribution in [2.24, 2.45) is 4.99 Å². The van der Waals surface area contributed by atoms with Gasteiger partial charge in [-0.25, -0.2) is 4.39 Å². The van der Waals surface area contributed by atoms with E-state index in [9.17, 15) is 9.18 Å². The molecule has 2 rings (SSSR count). The molecule has 1 aliphatic heterocycles. The van der Waals surface area contributed by atoms with E-state index in [1.807, 2.05) is 0 Å². The number of rotatable bonds is 7. The fourth-order valence-electron chi connectivity index (χ4n) is 3.17. The minimum atomic E-state index is -0.367. The van der Waals surface area contributed by atoms with Crippen molar-refractivity contribution >= 4 is 35.8 Å². The van der Waals surface area contributed by atoms with Crippen molar-refractivity contribution < 1.29 is 9.18 Å². The third kappa shape index (κ3) is 7.25. The monoisotopic (exact) mass is 491 g/mol. The van der Waals surface area contributed by atoms with Gasteiger partial charge in [-0.1, -0.05) is 13.0 Å². The molecule has 0 saturated carbocycles. The summed E-state index contributed by atoms with van der Waals surface area (Å²) in [6, 6.07) is 5.05. The van der Waals surface area contributed by atoms with Gasteiger partial charge in [0.1, 0.15) is 5.82 Å². The number of benzene rings is 1. The standard InChI is InChI=1S/C19H30FN5O.HI/c1-4-25-11-5-6-16(25)13-24-19(21-3)23-10-9-22-18(26)15-8-7-14(2)17(20)12-15;/h7-8,12,16H,4-6,9-11,13H2,1-3H3,(H,22,26)(H2,21,23,24);1H. The summed E-state index contributed by atoms with van der Waals surface area (Å²) >= 11 is 0. The molecule has 27 heavy (non-hydrogen) atoms. The number of hydrogen-bond donors (Lipinski definition) is 3. The van der Waals surface area contributed by atoms with Gasteiger partial charge < -0.3 is 16.0 Å². The SMILES string of the molecule is CCN1CCCC1CNC(=NC)NCCNC(=O)c1ccc(C)c(F)c1.I. The van der Waals surface area contributed by atoms with Crippen LogP contribution in [0.15, 0.2) is 23.2 Å². The summed E-state index contributed by atoms with van der Waals surface area (Å²) < 4.78 is 13.5. The highest BCUT2D eigenvalue weighted by atomic mass is 127. The van der Waals surface area contributed by atoms with Crippen LogP contribution in [0.25, 0.3) is 0 Å². The van der Waals surface area contributed by atoms with E-state index in [-0.39, 0.29) is 35.7 Å². The van der Waals surface area contributed by atoms with E-state index in [0.29, 0.717) is 30.3 Å². The number of likely N-dealkylation sites (N-methyl/N-ethyl adjacent to an activating group) is 1. The first-order valence-corrected chi connectivity index (χ1v) is 9.28. The van der Waals surface area contributed by atoms with E-state index in [1.165, 1.54) is 25.5 Å². The zero-order valence-corrected chi connectivity index (χ0v) is 18.7. The quantitative estimate of drug-likeness (QED) is 0.237. The molecule has 0 bridgehead atoms. The molecular weight excluding hydrogens is 460 g/mol. The number of likely N-dealkylation sites (tertiary alicyclic amines) is 1. The molecule has 3 N–H and O–H groups in total. The lowest BCUT2D eigenvalue weighted by Gasteiger charge is -2.24. The number of amides is 1. The van der Waals surface area contributed by atoms with Gasteiger partial charge in [0.25, 0.3) is 5.91 Å². The van der Waals surface area contributed by atoms with E-state index < -0.39 is 0 Å². The van der Waals surface area contributed by atoms with Crippen LogP contribution >= 0.6 is 24.0 Å². The molecule has 1 fully saturated rings. The lowest BCUT2D eigenvalue weighted by molar-refractivity contribution is 0.0954.